The van der Waals surface area contributed by atoms with Gasteiger partial charge in [-0.15, -0.1) is 23.1 Å². The van der Waals surface area contributed by atoms with E-state index in [-0.39, 0.29) is 5.91 Å². The summed E-state index contributed by atoms with van der Waals surface area (Å²) in [6, 6.07) is 14.0. The van der Waals surface area contributed by atoms with E-state index in [4.69, 9.17) is 4.98 Å². The Bertz CT molecular complexity index is 1190. The van der Waals surface area contributed by atoms with E-state index in [1.54, 1.807) is 23.1 Å². The molecule has 0 spiro atoms. The Kier molecular flexibility index (Phi) is 6.25. The van der Waals surface area contributed by atoms with Gasteiger partial charge in [-0.25, -0.2) is 9.97 Å². The standard InChI is InChI=1S/C24H25N5OS2/c1-18-25-20(16-31-18)17-32-22-7-3-2-6-21(22)24(30)28-12-10-27(11-13-28)14-19-15-29-9-5-4-8-23(29)26-19/h2-9,15-16H,10-14,17H2,1H3. The van der Waals surface area contributed by atoms with Crippen LogP contribution in [-0.4, -0.2) is 56.3 Å². The quantitative estimate of drug-likeness (QED) is 0.398. The molecule has 4 aromatic rings. The van der Waals surface area contributed by atoms with Gasteiger partial charge in [0.25, 0.3) is 5.91 Å². The molecule has 3 aromatic heterocycles. The number of hydrogen-bond donors (Lipinski definition) is 0. The topological polar surface area (TPSA) is 53.7 Å². The van der Waals surface area contributed by atoms with Gasteiger partial charge in [-0.2, -0.15) is 0 Å². The number of aryl methyl sites for hydroxylation is 1. The van der Waals surface area contributed by atoms with Crippen molar-refractivity contribution in [3.8, 4) is 0 Å². The number of nitrogens with zero attached hydrogens (tertiary/aromatic N) is 5. The lowest BCUT2D eigenvalue weighted by molar-refractivity contribution is 0.0624. The van der Waals surface area contributed by atoms with Crippen molar-refractivity contribution in [1.82, 2.24) is 24.2 Å². The van der Waals surface area contributed by atoms with Gasteiger partial charge in [-0.3, -0.25) is 9.69 Å². The van der Waals surface area contributed by atoms with Crippen LogP contribution in [0.1, 0.15) is 26.8 Å². The first-order valence-corrected chi connectivity index (χ1v) is 12.6. The maximum atomic E-state index is 13.3. The zero-order chi connectivity index (χ0) is 21.9. The minimum atomic E-state index is 0.120. The molecule has 6 nitrogen and oxygen atoms in total. The number of carbonyl (C=O) groups excluding carboxylic acids is 1. The molecule has 164 valence electrons. The fourth-order valence-corrected chi connectivity index (χ4v) is 5.62. The lowest BCUT2D eigenvalue weighted by atomic mass is 10.1. The SMILES string of the molecule is Cc1nc(CSc2ccccc2C(=O)N2CCN(Cc3cn4ccccc4n3)CC2)cs1. The molecule has 0 atom stereocenters. The minimum Gasteiger partial charge on any atom is -0.336 e. The molecule has 1 saturated heterocycles. The van der Waals surface area contributed by atoms with Gasteiger partial charge in [0.05, 0.1) is 22.0 Å². The van der Waals surface area contributed by atoms with Crippen molar-refractivity contribution in [3.05, 3.63) is 82.2 Å². The highest BCUT2D eigenvalue weighted by Gasteiger charge is 2.24. The molecule has 1 aromatic carbocycles. The van der Waals surface area contributed by atoms with Crippen molar-refractivity contribution >= 4 is 34.7 Å². The third kappa shape index (κ3) is 4.72. The number of thiazole rings is 1. The van der Waals surface area contributed by atoms with Crippen molar-refractivity contribution in [2.75, 3.05) is 26.2 Å². The second kappa shape index (κ2) is 9.44. The number of aromatic nitrogens is 3. The van der Waals surface area contributed by atoms with Crippen LogP contribution >= 0.6 is 23.1 Å². The number of benzene rings is 1. The number of piperazine rings is 1. The summed E-state index contributed by atoms with van der Waals surface area (Å²) in [6.45, 7) is 6.00. The molecule has 1 aliphatic heterocycles. The molecule has 1 amide bonds. The first-order valence-electron chi connectivity index (χ1n) is 10.7. The zero-order valence-electron chi connectivity index (χ0n) is 18.0. The number of pyridine rings is 1. The number of carbonyl (C=O) groups is 1. The molecule has 4 heterocycles. The fourth-order valence-electron chi connectivity index (χ4n) is 3.97. The Labute approximate surface area is 195 Å². The van der Waals surface area contributed by atoms with Gasteiger partial charge in [0.15, 0.2) is 0 Å². The molecule has 0 saturated carbocycles. The van der Waals surface area contributed by atoms with Gasteiger partial charge < -0.3 is 9.30 Å². The third-order valence-corrected chi connectivity index (χ3v) is 7.55. The number of imidazole rings is 1. The average molecular weight is 464 g/mol. The normalized spacial score (nSPS) is 14.8. The number of hydrogen-bond acceptors (Lipinski definition) is 6. The van der Waals surface area contributed by atoms with E-state index in [1.807, 2.05) is 60.5 Å². The van der Waals surface area contributed by atoms with E-state index in [1.165, 1.54) is 0 Å². The molecule has 0 aliphatic carbocycles. The Morgan fingerprint density at radius 2 is 1.84 bits per heavy atom. The molecule has 8 heteroatoms. The van der Waals surface area contributed by atoms with Crippen LogP contribution in [0.2, 0.25) is 0 Å². The van der Waals surface area contributed by atoms with E-state index in [9.17, 15) is 4.79 Å². The van der Waals surface area contributed by atoms with E-state index in [0.29, 0.717) is 0 Å². The highest BCUT2D eigenvalue weighted by atomic mass is 32.2. The van der Waals surface area contributed by atoms with E-state index in [0.717, 1.165) is 71.0 Å². The number of thioether (sulfide) groups is 1. The van der Waals surface area contributed by atoms with Crippen LogP contribution < -0.4 is 0 Å². The summed E-state index contributed by atoms with van der Waals surface area (Å²) in [5, 5.41) is 3.17. The summed E-state index contributed by atoms with van der Waals surface area (Å²) in [5.74, 6) is 0.900. The number of fused-ring (bicyclic) bond motifs is 1. The minimum absolute atomic E-state index is 0.120. The molecule has 0 N–H and O–H groups in total. The molecular weight excluding hydrogens is 438 g/mol. The summed E-state index contributed by atoms with van der Waals surface area (Å²) >= 11 is 3.35. The molecule has 5 rings (SSSR count). The Morgan fingerprint density at radius 1 is 1.03 bits per heavy atom. The van der Waals surface area contributed by atoms with Gasteiger partial charge in [0.2, 0.25) is 0 Å². The summed E-state index contributed by atoms with van der Waals surface area (Å²) in [7, 11) is 0. The summed E-state index contributed by atoms with van der Waals surface area (Å²) < 4.78 is 2.05. The van der Waals surface area contributed by atoms with Crippen LogP contribution in [-0.2, 0) is 12.3 Å². The van der Waals surface area contributed by atoms with Crippen LogP contribution in [0, 0.1) is 6.92 Å². The van der Waals surface area contributed by atoms with E-state index >= 15 is 0 Å². The smallest absolute Gasteiger partial charge is 0.255 e. The molecule has 1 aliphatic rings. The van der Waals surface area contributed by atoms with Gasteiger partial charge in [0.1, 0.15) is 5.65 Å². The Hall–Kier alpha value is -2.68. The van der Waals surface area contributed by atoms with Crippen LogP contribution in [0.3, 0.4) is 0 Å². The molecule has 1 fully saturated rings. The molecule has 32 heavy (non-hydrogen) atoms. The average Bonchev–Trinajstić information content (AvgIpc) is 3.43. The highest BCUT2D eigenvalue weighted by molar-refractivity contribution is 7.98. The van der Waals surface area contributed by atoms with Crippen LogP contribution in [0.25, 0.3) is 5.65 Å². The molecule has 0 unspecified atom stereocenters. The van der Waals surface area contributed by atoms with Gasteiger partial charge in [-0.1, -0.05) is 18.2 Å². The fraction of sp³-hybridized carbons (Fsp3) is 0.292. The first-order chi connectivity index (χ1) is 15.7. The largest absolute Gasteiger partial charge is 0.336 e. The van der Waals surface area contributed by atoms with Gasteiger partial charge >= 0.3 is 0 Å². The van der Waals surface area contributed by atoms with Crippen molar-refractivity contribution < 1.29 is 4.79 Å². The van der Waals surface area contributed by atoms with Crippen LogP contribution in [0.15, 0.2) is 65.1 Å². The van der Waals surface area contributed by atoms with Gasteiger partial charge in [0, 0.05) is 61.1 Å². The number of rotatable bonds is 6. The maximum Gasteiger partial charge on any atom is 0.255 e. The predicted molar refractivity (Wildman–Crippen MR) is 129 cm³/mol. The third-order valence-electron chi connectivity index (χ3n) is 5.62. The summed E-state index contributed by atoms with van der Waals surface area (Å²) in [5.41, 5.74) is 3.90. The summed E-state index contributed by atoms with van der Waals surface area (Å²) in [4.78, 5) is 27.9. The molecule has 0 radical (unpaired) electrons. The van der Waals surface area contributed by atoms with Crippen molar-refractivity contribution in [1.29, 1.82) is 0 Å². The highest BCUT2D eigenvalue weighted by Crippen LogP contribution is 2.28. The van der Waals surface area contributed by atoms with E-state index in [2.05, 4.69) is 25.9 Å². The lowest BCUT2D eigenvalue weighted by Gasteiger charge is -2.34. The monoisotopic (exact) mass is 463 g/mol. The van der Waals surface area contributed by atoms with Crippen molar-refractivity contribution in [3.63, 3.8) is 0 Å². The lowest BCUT2D eigenvalue weighted by Crippen LogP contribution is -2.48. The predicted octanol–water partition coefficient (Wildman–Crippen LogP) is 4.35. The van der Waals surface area contributed by atoms with Crippen molar-refractivity contribution in [2.24, 2.45) is 0 Å². The van der Waals surface area contributed by atoms with Crippen LogP contribution in [0.5, 0.6) is 0 Å². The van der Waals surface area contributed by atoms with Crippen molar-refractivity contribution in [2.45, 2.75) is 24.1 Å². The van der Waals surface area contributed by atoms with Crippen LogP contribution in [0.4, 0.5) is 0 Å². The zero-order valence-corrected chi connectivity index (χ0v) is 19.6. The number of amides is 1. The molecule has 0 bridgehead atoms. The van der Waals surface area contributed by atoms with Gasteiger partial charge in [-0.05, 0) is 31.2 Å². The Morgan fingerprint density at radius 3 is 2.62 bits per heavy atom. The van der Waals surface area contributed by atoms with E-state index < -0.39 is 0 Å². The molecular formula is C24H25N5OS2. The Balaban J connectivity index is 1.20. The second-order valence-electron chi connectivity index (χ2n) is 7.91. The second-order valence-corrected chi connectivity index (χ2v) is 9.99. The maximum absolute atomic E-state index is 13.3. The first kappa shape index (κ1) is 21.2. The summed E-state index contributed by atoms with van der Waals surface area (Å²) in [6.07, 6.45) is 4.11.